The molecule has 1 N–H and O–H groups in total. The van der Waals surface area contributed by atoms with E-state index >= 15 is 0 Å². The lowest BCUT2D eigenvalue weighted by atomic mass is 9.68. The van der Waals surface area contributed by atoms with Crippen LogP contribution >= 0.6 is 11.6 Å². The van der Waals surface area contributed by atoms with Crippen molar-refractivity contribution in [1.29, 1.82) is 0 Å². The monoisotopic (exact) mass is 509 g/mol. The van der Waals surface area contributed by atoms with E-state index in [-0.39, 0.29) is 21.8 Å². The third-order valence-electron chi connectivity index (χ3n) is 7.25. The highest BCUT2D eigenvalue weighted by Crippen LogP contribution is 2.41. The maximum absolute atomic E-state index is 13.4. The number of anilines is 1. The summed E-state index contributed by atoms with van der Waals surface area (Å²) >= 11 is 6.06. The number of pyridine rings is 1. The second-order valence-electron chi connectivity index (χ2n) is 9.76. The van der Waals surface area contributed by atoms with Crippen molar-refractivity contribution in [3.63, 3.8) is 0 Å². The average Bonchev–Trinajstić information content (AvgIpc) is 2.86. The van der Waals surface area contributed by atoms with Gasteiger partial charge < -0.3 is 10.1 Å². The number of hydrogen-bond donors (Lipinski definition) is 1. The van der Waals surface area contributed by atoms with Crippen LogP contribution < -0.4 is 5.32 Å². The molecule has 0 radical (unpaired) electrons. The molecule has 0 saturated heterocycles. The van der Waals surface area contributed by atoms with Gasteiger partial charge in [0.2, 0.25) is 0 Å². The summed E-state index contributed by atoms with van der Waals surface area (Å²) < 4.78 is 5.45. The molecule has 3 aromatic rings. The summed E-state index contributed by atoms with van der Waals surface area (Å²) in [5.41, 5.74) is 2.92. The van der Waals surface area contributed by atoms with Crippen LogP contribution in [0.15, 0.2) is 42.5 Å². The summed E-state index contributed by atoms with van der Waals surface area (Å²) in [4.78, 5) is 41.2. The van der Waals surface area contributed by atoms with E-state index in [0.29, 0.717) is 28.8 Å². The molecule has 1 heterocycles. The van der Waals surface area contributed by atoms with E-state index < -0.39 is 23.4 Å². The highest BCUT2D eigenvalue weighted by Gasteiger charge is 2.34. The summed E-state index contributed by atoms with van der Waals surface area (Å²) in [7, 11) is 0. The minimum Gasteiger partial charge on any atom is -0.452 e. The van der Waals surface area contributed by atoms with Crippen LogP contribution in [0.25, 0.3) is 10.9 Å². The van der Waals surface area contributed by atoms with Crippen LogP contribution in [0.1, 0.15) is 55.2 Å². The number of rotatable bonds is 7. The maximum Gasteiger partial charge on any atom is 0.339 e. The Bertz CT molecular complexity index is 1350. The molecule has 188 valence electrons. The van der Waals surface area contributed by atoms with Crippen molar-refractivity contribution in [3.05, 3.63) is 74.4 Å². The number of carbonyl (C=O) groups is 2. The van der Waals surface area contributed by atoms with Gasteiger partial charge in [0.15, 0.2) is 6.61 Å². The Morgan fingerprint density at radius 1 is 1.25 bits per heavy atom. The zero-order chi connectivity index (χ0) is 26.0. The zero-order valence-electron chi connectivity index (χ0n) is 20.5. The molecule has 1 aliphatic carbocycles. The first-order valence-corrected chi connectivity index (χ1v) is 12.3. The molecule has 36 heavy (non-hydrogen) atoms. The van der Waals surface area contributed by atoms with Crippen LogP contribution in [-0.2, 0) is 22.4 Å². The Labute approximate surface area is 214 Å². The number of esters is 1. The minimum atomic E-state index is -0.650. The van der Waals surface area contributed by atoms with Gasteiger partial charge in [-0.25, -0.2) is 4.79 Å². The van der Waals surface area contributed by atoms with E-state index in [1.807, 2.05) is 24.3 Å². The predicted octanol–water partition coefficient (Wildman–Crippen LogP) is 6.13. The number of amides is 1. The Morgan fingerprint density at radius 3 is 2.72 bits per heavy atom. The quantitative estimate of drug-likeness (QED) is 0.233. The molecule has 2 aromatic carbocycles. The number of para-hydroxylation sites is 1. The number of non-ortho nitro benzene ring substituents is 1. The number of carbonyl (C=O) groups excluding carboxylic acids is 2. The first-order valence-electron chi connectivity index (χ1n) is 11.9. The smallest absolute Gasteiger partial charge is 0.339 e. The summed E-state index contributed by atoms with van der Waals surface area (Å²) in [6, 6.07) is 11.2. The van der Waals surface area contributed by atoms with Crippen molar-refractivity contribution in [2.75, 3.05) is 11.9 Å². The molecule has 0 fully saturated rings. The molecule has 1 amide bonds. The van der Waals surface area contributed by atoms with Crippen LogP contribution in [0.5, 0.6) is 0 Å². The third-order valence-corrected chi connectivity index (χ3v) is 7.58. The van der Waals surface area contributed by atoms with Gasteiger partial charge in [0, 0.05) is 23.2 Å². The zero-order valence-corrected chi connectivity index (χ0v) is 21.2. The lowest BCUT2D eigenvalue weighted by Gasteiger charge is -2.37. The molecule has 1 unspecified atom stereocenters. The first-order chi connectivity index (χ1) is 17.1. The van der Waals surface area contributed by atoms with Gasteiger partial charge in [-0.3, -0.25) is 19.9 Å². The largest absolute Gasteiger partial charge is 0.452 e. The SMILES string of the molecule is CCC(C)(C)C1CCc2nc3ccccc3c(C(=O)OCC(=O)Nc3cc([N+](=O)[O-])ccc3Cl)c2C1. The van der Waals surface area contributed by atoms with Gasteiger partial charge in [0.25, 0.3) is 11.6 Å². The van der Waals surface area contributed by atoms with Crippen molar-refractivity contribution in [1.82, 2.24) is 4.98 Å². The molecule has 0 saturated carbocycles. The van der Waals surface area contributed by atoms with Gasteiger partial charge >= 0.3 is 5.97 Å². The number of nitro groups is 1. The predicted molar refractivity (Wildman–Crippen MR) is 138 cm³/mol. The number of nitrogens with one attached hydrogen (secondary N) is 1. The molecule has 8 nitrogen and oxygen atoms in total. The molecule has 4 rings (SSSR count). The minimum absolute atomic E-state index is 0.0725. The van der Waals surface area contributed by atoms with Crippen molar-refractivity contribution >= 4 is 45.8 Å². The number of nitrogens with zero attached hydrogens (tertiary/aromatic N) is 2. The summed E-state index contributed by atoms with van der Waals surface area (Å²) in [6.45, 7) is 6.11. The van der Waals surface area contributed by atoms with Crippen molar-refractivity contribution < 1.29 is 19.2 Å². The Hall–Kier alpha value is -3.52. The average molecular weight is 510 g/mol. The fourth-order valence-electron chi connectivity index (χ4n) is 4.69. The Morgan fingerprint density at radius 2 is 2.00 bits per heavy atom. The van der Waals surface area contributed by atoms with Gasteiger partial charge in [-0.05, 0) is 48.3 Å². The lowest BCUT2D eigenvalue weighted by molar-refractivity contribution is -0.384. The van der Waals surface area contributed by atoms with Gasteiger partial charge in [0.05, 0.1) is 26.7 Å². The standard InChI is InChI=1S/C27H28ClN3O5/c1-4-27(2,3)16-9-12-22-19(13-16)25(18-7-5-6-8-21(18)29-22)26(33)36-15-24(32)30-23-14-17(31(34)35)10-11-20(23)28/h5-8,10-11,14,16H,4,9,12-13,15H2,1-3H3,(H,30,32). The fraction of sp³-hybridized carbons (Fsp3) is 0.370. The number of aryl methyl sites for hydroxylation is 1. The summed E-state index contributed by atoms with van der Waals surface area (Å²) in [6.07, 6.45) is 3.52. The van der Waals surface area contributed by atoms with E-state index in [0.717, 1.165) is 36.6 Å². The Balaban J connectivity index is 1.58. The highest BCUT2D eigenvalue weighted by molar-refractivity contribution is 6.33. The Kier molecular flexibility index (Phi) is 7.26. The second-order valence-corrected chi connectivity index (χ2v) is 10.2. The van der Waals surface area contributed by atoms with Crippen LogP contribution in [0, 0.1) is 21.4 Å². The van der Waals surface area contributed by atoms with Gasteiger partial charge in [0.1, 0.15) is 0 Å². The van der Waals surface area contributed by atoms with E-state index in [9.17, 15) is 19.7 Å². The third kappa shape index (κ3) is 5.18. The topological polar surface area (TPSA) is 111 Å². The van der Waals surface area contributed by atoms with Crippen LogP contribution in [0.4, 0.5) is 11.4 Å². The molecule has 1 aromatic heterocycles. The second kappa shape index (κ2) is 10.2. The van der Waals surface area contributed by atoms with E-state index in [1.165, 1.54) is 12.1 Å². The highest BCUT2D eigenvalue weighted by atomic mass is 35.5. The van der Waals surface area contributed by atoms with E-state index in [4.69, 9.17) is 21.3 Å². The normalized spacial score (nSPS) is 15.3. The van der Waals surface area contributed by atoms with Gasteiger partial charge in [-0.2, -0.15) is 0 Å². The number of benzene rings is 2. The van der Waals surface area contributed by atoms with Gasteiger partial charge in [-0.15, -0.1) is 0 Å². The number of ether oxygens (including phenoxy) is 1. The maximum atomic E-state index is 13.4. The molecule has 0 bridgehead atoms. The van der Waals surface area contributed by atoms with Gasteiger partial charge in [-0.1, -0.05) is 57.0 Å². The van der Waals surface area contributed by atoms with E-state index in [2.05, 4.69) is 26.1 Å². The number of nitro benzene ring substituents is 1. The molecule has 0 aliphatic heterocycles. The van der Waals surface area contributed by atoms with E-state index in [1.54, 1.807) is 0 Å². The van der Waals surface area contributed by atoms with Crippen LogP contribution in [0.3, 0.4) is 0 Å². The number of fused-ring (bicyclic) bond motifs is 2. The molecular weight excluding hydrogens is 482 g/mol. The number of hydrogen-bond acceptors (Lipinski definition) is 6. The summed E-state index contributed by atoms with van der Waals surface area (Å²) in [5, 5.41) is 14.3. The van der Waals surface area contributed by atoms with Crippen LogP contribution in [-0.4, -0.2) is 28.4 Å². The lowest BCUT2D eigenvalue weighted by Crippen LogP contribution is -2.31. The number of aromatic nitrogens is 1. The van der Waals surface area contributed by atoms with Crippen molar-refractivity contribution in [2.24, 2.45) is 11.3 Å². The fourth-order valence-corrected chi connectivity index (χ4v) is 4.85. The summed E-state index contributed by atoms with van der Waals surface area (Å²) in [5.74, 6) is -0.855. The first kappa shape index (κ1) is 25.6. The molecular formula is C27H28ClN3O5. The van der Waals surface area contributed by atoms with Crippen molar-refractivity contribution in [2.45, 2.75) is 46.5 Å². The number of halogens is 1. The molecule has 9 heteroatoms. The van der Waals surface area contributed by atoms with Crippen molar-refractivity contribution in [3.8, 4) is 0 Å². The molecule has 1 atom stereocenters. The van der Waals surface area contributed by atoms with Crippen LogP contribution in [0.2, 0.25) is 5.02 Å². The molecule has 0 spiro atoms. The molecule has 1 aliphatic rings.